The van der Waals surface area contributed by atoms with Gasteiger partial charge in [-0.1, -0.05) is 42.5 Å². The van der Waals surface area contributed by atoms with Crippen molar-refractivity contribution in [3.05, 3.63) is 75.8 Å². The van der Waals surface area contributed by atoms with E-state index in [-0.39, 0.29) is 16.7 Å². The van der Waals surface area contributed by atoms with Crippen molar-refractivity contribution >= 4 is 5.69 Å². The largest absolute Gasteiger partial charge is 0.389 e. The summed E-state index contributed by atoms with van der Waals surface area (Å²) in [5, 5.41) is 24.7. The molecule has 2 aromatic rings. The van der Waals surface area contributed by atoms with E-state index in [0.717, 1.165) is 30.4 Å². The lowest BCUT2D eigenvalue weighted by Gasteiger charge is -2.38. The summed E-state index contributed by atoms with van der Waals surface area (Å²) in [7, 11) is 0. The van der Waals surface area contributed by atoms with Crippen LogP contribution in [0.1, 0.15) is 36.4 Å². The normalized spacial score (nSPS) is 17.3. The molecule has 3 rings (SSSR count). The average molecular weight is 312 g/mol. The summed E-state index contributed by atoms with van der Waals surface area (Å²) >= 11 is 0. The van der Waals surface area contributed by atoms with Crippen LogP contribution in [-0.4, -0.2) is 22.2 Å². The summed E-state index contributed by atoms with van der Waals surface area (Å²) < 4.78 is 0. The average Bonchev–Trinajstić information content (AvgIpc) is 2.54. The maximum atomic E-state index is 11.0. The van der Waals surface area contributed by atoms with Gasteiger partial charge in [0, 0.05) is 18.7 Å². The molecule has 0 bridgehead atoms. The van der Waals surface area contributed by atoms with Gasteiger partial charge < -0.3 is 10.4 Å². The van der Waals surface area contributed by atoms with Crippen molar-refractivity contribution in [2.45, 2.75) is 30.9 Å². The monoisotopic (exact) mass is 312 g/mol. The molecule has 0 aliphatic heterocycles. The zero-order valence-corrected chi connectivity index (χ0v) is 12.8. The van der Waals surface area contributed by atoms with E-state index < -0.39 is 5.60 Å². The molecule has 1 aliphatic rings. The Kier molecular flexibility index (Phi) is 4.41. The van der Waals surface area contributed by atoms with E-state index in [2.05, 4.69) is 5.32 Å². The number of non-ortho nitro benzene ring substituents is 1. The van der Waals surface area contributed by atoms with Crippen LogP contribution < -0.4 is 5.32 Å². The highest BCUT2D eigenvalue weighted by Gasteiger charge is 2.34. The predicted octanol–water partition coefficient (Wildman–Crippen LogP) is 3.19. The predicted molar refractivity (Wildman–Crippen MR) is 88.2 cm³/mol. The topological polar surface area (TPSA) is 75.4 Å². The van der Waals surface area contributed by atoms with Crippen LogP contribution in [0.5, 0.6) is 0 Å². The number of nitrogens with one attached hydrogen (secondary N) is 1. The summed E-state index contributed by atoms with van der Waals surface area (Å²) in [6.07, 6.45) is 2.65. The number of nitrogens with zero attached hydrogens (tertiary/aromatic N) is 1. The molecule has 5 heteroatoms. The Labute approximate surface area is 135 Å². The number of hydrogen-bond acceptors (Lipinski definition) is 4. The van der Waals surface area contributed by atoms with Gasteiger partial charge in [0.15, 0.2) is 0 Å². The second-order valence-electron chi connectivity index (χ2n) is 6.15. The first-order valence-electron chi connectivity index (χ1n) is 7.82. The van der Waals surface area contributed by atoms with Crippen molar-refractivity contribution in [2.75, 3.05) is 6.54 Å². The summed E-state index contributed by atoms with van der Waals surface area (Å²) in [4.78, 5) is 10.6. The van der Waals surface area contributed by atoms with Gasteiger partial charge in [0.25, 0.3) is 5.69 Å². The Bertz CT molecular complexity index is 684. The standard InChI is InChI=1S/C18H20N2O3/c21-18(10-5-11-18)13-19-17(14-6-2-1-3-7-14)15-8-4-9-16(12-15)20(22)23/h1-4,6-9,12,17,19,21H,5,10-11,13H2. The number of rotatable bonds is 6. The lowest BCUT2D eigenvalue weighted by Crippen LogP contribution is -2.47. The van der Waals surface area contributed by atoms with Gasteiger partial charge in [-0.05, 0) is 30.4 Å². The van der Waals surface area contributed by atoms with Crippen LogP contribution in [0.25, 0.3) is 0 Å². The van der Waals surface area contributed by atoms with Crippen molar-refractivity contribution in [2.24, 2.45) is 0 Å². The number of nitro benzene ring substituents is 1. The van der Waals surface area contributed by atoms with Gasteiger partial charge in [0.1, 0.15) is 0 Å². The zero-order valence-electron chi connectivity index (χ0n) is 12.8. The molecule has 2 N–H and O–H groups in total. The molecule has 1 aliphatic carbocycles. The van der Waals surface area contributed by atoms with Gasteiger partial charge in [-0.15, -0.1) is 0 Å². The second kappa shape index (κ2) is 6.48. The SMILES string of the molecule is O=[N+]([O-])c1cccc(C(NCC2(O)CCC2)c2ccccc2)c1. The van der Waals surface area contributed by atoms with Crippen LogP contribution in [0, 0.1) is 10.1 Å². The third kappa shape index (κ3) is 3.57. The molecule has 2 aromatic carbocycles. The maximum absolute atomic E-state index is 11.0. The highest BCUT2D eigenvalue weighted by atomic mass is 16.6. The molecule has 0 aromatic heterocycles. The molecular weight excluding hydrogens is 292 g/mol. The van der Waals surface area contributed by atoms with Crippen molar-refractivity contribution in [3.63, 3.8) is 0 Å². The van der Waals surface area contributed by atoms with Gasteiger partial charge in [-0.2, -0.15) is 0 Å². The molecular formula is C18H20N2O3. The third-order valence-electron chi connectivity index (χ3n) is 4.47. The van der Waals surface area contributed by atoms with Crippen LogP contribution in [0.3, 0.4) is 0 Å². The van der Waals surface area contributed by atoms with Crippen LogP contribution in [0.15, 0.2) is 54.6 Å². The van der Waals surface area contributed by atoms with E-state index in [9.17, 15) is 15.2 Å². The first-order valence-corrected chi connectivity index (χ1v) is 7.82. The Morgan fingerprint density at radius 1 is 1.13 bits per heavy atom. The molecule has 1 fully saturated rings. The number of hydrogen-bond donors (Lipinski definition) is 2. The van der Waals surface area contributed by atoms with Crippen LogP contribution in [0.2, 0.25) is 0 Å². The van der Waals surface area contributed by atoms with E-state index >= 15 is 0 Å². The van der Waals surface area contributed by atoms with Gasteiger partial charge >= 0.3 is 0 Å². The van der Waals surface area contributed by atoms with Crippen molar-refractivity contribution < 1.29 is 10.0 Å². The number of benzene rings is 2. The van der Waals surface area contributed by atoms with Crippen molar-refractivity contribution in [1.29, 1.82) is 0 Å². The molecule has 5 nitrogen and oxygen atoms in total. The minimum Gasteiger partial charge on any atom is -0.389 e. The molecule has 120 valence electrons. The Morgan fingerprint density at radius 2 is 1.83 bits per heavy atom. The molecule has 1 unspecified atom stereocenters. The second-order valence-corrected chi connectivity index (χ2v) is 6.15. The molecule has 0 radical (unpaired) electrons. The lowest BCUT2D eigenvalue weighted by atomic mass is 9.80. The summed E-state index contributed by atoms with van der Waals surface area (Å²) in [5.74, 6) is 0. The minimum absolute atomic E-state index is 0.0765. The fourth-order valence-electron chi connectivity index (χ4n) is 2.95. The van der Waals surface area contributed by atoms with Gasteiger partial charge in [-0.25, -0.2) is 0 Å². The summed E-state index contributed by atoms with van der Waals surface area (Å²) in [5.41, 5.74) is 1.28. The molecule has 0 amide bonds. The Balaban J connectivity index is 1.88. The van der Waals surface area contributed by atoms with Gasteiger partial charge in [0.05, 0.1) is 16.6 Å². The van der Waals surface area contributed by atoms with E-state index in [1.165, 1.54) is 6.07 Å². The lowest BCUT2D eigenvalue weighted by molar-refractivity contribution is -0.384. The third-order valence-corrected chi connectivity index (χ3v) is 4.47. The van der Waals surface area contributed by atoms with Crippen LogP contribution in [0.4, 0.5) is 5.69 Å². The summed E-state index contributed by atoms with van der Waals surface area (Å²) in [6.45, 7) is 0.481. The number of nitro groups is 1. The summed E-state index contributed by atoms with van der Waals surface area (Å²) in [6, 6.07) is 16.3. The Morgan fingerprint density at radius 3 is 2.43 bits per heavy atom. The minimum atomic E-state index is -0.645. The molecule has 1 saturated carbocycles. The van der Waals surface area contributed by atoms with Gasteiger partial charge in [-0.3, -0.25) is 10.1 Å². The van der Waals surface area contributed by atoms with Gasteiger partial charge in [0.2, 0.25) is 0 Å². The van der Waals surface area contributed by atoms with E-state index in [4.69, 9.17) is 0 Å². The van der Waals surface area contributed by atoms with E-state index in [0.29, 0.717) is 6.54 Å². The fraction of sp³-hybridized carbons (Fsp3) is 0.333. The van der Waals surface area contributed by atoms with Crippen molar-refractivity contribution in [1.82, 2.24) is 5.32 Å². The van der Waals surface area contributed by atoms with Crippen LogP contribution in [-0.2, 0) is 0 Å². The zero-order chi connectivity index (χ0) is 16.3. The quantitative estimate of drug-likeness (QED) is 0.634. The maximum Gasteiger partial charge on any atom is 0.269 e. The fourth-order valence-corrected chi connectivity index (χ4v) is 2.95. The molecule has 0 heterocycles. The first kappa shape index (κ1) is 15.6. The van der Waals surface area contributed by atoms with E-state index in [1.807, 2.05) is 36.4 Å². The molecule has 1 atom stereocenters. The molecule has 23 heavy (non-hydrogen) atoms. The highest BCUT2D eigenvalue weighted by Crippen LogP contribution is 2.32. The first-order chi connectivity index (χ1) is 11.1. The van der Waals surface area contributed by atoms with Crippen molar-refractivity contribution in [3.8, 4) is 0 Å². The Hall–Kier alpha value is -2.24. The molecule has 0 saturated heterocycles. The molecule has 0 spiro atoms. The highest BCUT2D eigenvalue weighted by molar-refractivity contribution is 5.40. The number of aliphatic hydroxyl groups is 1. The smallest absolute Gasteiger partial charge is 0.269 e. The van der Waals surface area contributed by atoms with Crippen LogP contribution >= 0.6 is 0 Å². The van der Waals surface area contributed by atoms with E-state index in [1.54, 1.807) is 12.1 Å².